The van der Waals surface area contributed by atoms with E-state index in [1.807, 2.05) is 49.4 Å². The Bertz CT molecular complexity index is 1430. The molecule has 0 radical (unpaired) electrons. The highest BCUT2D eigenvalue weighted by molar-refractivity contribution is 6.46. The molecule has 3 aromatic carbocycles. The lowest BCUT2D eigenvalue weighted by Gasteiger charge is -2.31. The van der Waals surface area contributed by atoms with E-state index in [2.05, 4.69) is 17.9 Å². The Labute approximate surface area is 253 Å². The molecule has 2 heterocycles. The number of likely N-dealkylation sites (tertiary alicyclic amines) is 1. The first-order valence-corrected chi connectivity index (χ1v) is 15.0. The molecule has 2 aliphatic heterocycles. The minimum atomic E-state index is -0.719. The number of amides is 1. The van der Waals surface area contributed by atoms with Crippen LogP contribution in [0.3, 0.4) is 0 Å². The van der Waals surface area contributed by atoms with Gasteiger partial charge in [0.05, 0.1) is 31.4 Å². The lowest BCUT2D eigenvalue weighted by molar-refractivity contribution is -0.140. The monoisotopic (exact) mass is 584 g/mol. The van der Waals surface area contributed by atoms with Crippen LogP contribution in [0.5, 0.6) is 11.5 Å². The normalized spacial score (nSPS) is 18.7. The van der Waals surface area contributed by atoms with E-state index in [0.717, 1.165) is 48.4 Å². The molecule has 8 nitrogen and oxygen atoms in total. The first-order chi connectivity index (χ1) is 20.9. The predicted molar refractivity (Wildman–Crippen MR) is 165 cm³/mol. The first-order valence-electron chi connectivity index (χ1n) is 15.0. The van der Waals surface area contributed by atoms with Crippen molar-refractivity contribution in [1.29, 1.82) is 0 Å². The van der Waals surface area contributed by atoms with Crippen molar-refractivity contribution in [1.82, 2.24) is 9.80 Å². The van der Waals surface area contributed by atoms with Gasteiger partial charge < -0.3 is 24.2 Å². The van der Waals surface area contributed by atoms with Gasteiger partial charge in [0.15, 0.2) is 0 Å². The summed E-state index contributed by atoms with van der Waals surface area (Å²) in [5.74, 6) is -0.137. The van der Waals surface area contributed by atoms with Gasteiger partial charge >= 0.3 is 0 Å². The molecule has 0 saturated carbocycles. The van der Waals surface area contributed by atoms with E-state index in [9.17, 15) is 14.7 Å². The second-order valence-electron chi connectivity index (χ2n) is 11.0. The summed E-state index contributed by atoms with van der Waals surface area (Å²) in [6.45, 7) is 8.99. The number of rotatable bonds is 12. The van der Waals surface area contributed by atoms with Crippen molar-refractivity contribution in [2.75, 3.05) is 46.0 Å². The SMILES string of the molecule is CCCCOc1ccc(C2/C(=C(\O)c3ccc(OCc4cccc(C)c4)cc3)C(=O)C(=O)N2CCN2CCOCC2)cc1. The summed E-state index contributed by atoms with van der Waals surface area (Å²) in [4.78, 5) is 30.7. The molecule has 1 unspecified atom stereocenters. The average Bonchev–Trinajstić information content (AvgIpc) is 3.29. The molecule has 0 aromatic heterocycles. The molecule has 3 aromatic rings. The number of hydrogen-bond donors (Lipinski definition) is 1. The van der Waals surface area contributed by atoms with Gasteiger partial charge in [-0.2, -0.15) is 0 Å². The number of morpholine rings is 1. The van der Waals surface area contributed by atoms with Gasteiger partial charge in [-0.3, -0.25) is 14.5 Å². The zero-order chi connectivity index (χ0) is 30.2. The smallest absolute Gasteiger partial charge is 0.295 e. The minimum absolute atomic E-state index is 0.0834. The van der Waals surface area contributed by atoms with Crippen molar-refractivity contribution in [2.45, 2.75) is 39.3 Å². The second-order valence-corrected chi connectivity index (χ2v) is 11.0. The Morgan fingerprint density at radius 2 is 1.63 bits per heavy atom. The molecule has 1 amide bonds. The van der Waals surface area contributed by atoms with Gasteiger partial charge in [-0.15, -0.1) is 0 Å². The van der Waals surface area contributed by atoms with Crippen molar-refractivity contribution in [2.24, 2.45) is 0 Å². The van der Waals surface area contributed by atoms with E-state index in [1.165, 1.54) is 0 Å². The third-order valence-corrected chi connectivity index (χ3v) is 7.88. The van der Waals surface area contributed by atoms with Crippen LogP contribution >= 0.6 is 0 Å². The van der Waals surface area contributed by atoms with E-state index in [1.54, 1.807) is 29.2 Å². The fraction of sp³-hybridized carbons (Fsp3) is 0.371. The van der Waals surface area contributed by atoms with Crippen LogP contribution < -0.4 is 9.47 Å². The van der Waals surface area contributed by atoms with Gasteiger partial charge in [0.2, 0.25) is 0 Å². The molecule has 226 valence electrons. The van der Waals surface area contributed by atoms with E-state index in [-0.39, 0.29) is 11.3 Å². The van der Waals surface area contributed by atoms with Crippen LogP contribution in [0.2, 0.25) is 0 Å². The quantitative estimate of drug-likeness (QED) is 0.130. The molecule has 2 fully saturated rings. The van der Waals surface area contributed by atoms with Crippen LogP contribution in [0.4, 0.5) is 0 Å². The second kappa shape index (κ2) is 14.4. The first kappa shape index (κ1) is 30.3. The molecule has 0 spiro atoms. The summed E-state index contributed by atoms with van der Waals surface area (Å²) >= 11 is 0. The van der Waals surface area contributed by atoms with E-state index in [4.69, 9.17) is 14.2 Å². The number of carbonyl (C=O) groups excluding carboxylic acids is 2. The van der Waals surface area contributed by atoms with Crippen LogP contribution in [-0.4, -0.2) is 72.6 Å². The highest BCUT2D eigenvalue weighted by Gasteiger charge is 2.46. The average molecular weight is 585 g/mol. The van der Waals surface area contributed by atoms with Crippen LogP contribution in [0, 0.1) is 6.92 Å². The number of carbonyl (C=O) groups is 2. The number of ether oxygens (including phenoxy) is 3. The molecule has 0 bridgehead atoms. The van der Waals surface area contributed by atoms with Crippen LogP contribution in [-0.2, 0) is 20.9 Å². The van der Waals surface area contributed by atoms with Gasteiger partial charge in [0.1, 0.15) is 23.9 Å². The Kier molecular flexibility index (Phi) is 10.1. The summed E-state index contributed by atoms with van der Waals surface area (Å²) in [7, 11) is 0. The van der Waals surface area contributed by atoms with Crippen molar-refractivity contribution in [3.05, 3.63) is 101 Å². The molecule has 2 aliphatic rings. The van der Waals surface area contributed by atoms with Gasteiger partial charge in [0, 0.05) is 31.7 Å². The Morgan fingerprint density at radius 3 is 2.33 bits per heavy atom. The number of aliphatic hydroxyl groups excluding tert-OH is 1. The maximum Gasteiger partial charge on any atom is 0.295 e. The highest BCUT2D eigenvalue weighted by atomic mass is 16.5. The number of unbranched alkanes of at least 4 members (excludes halogenated alkanes) is 1. The summed E-state index contributed by atoms with van der Waals surface area (Å²) in [5.41, 5.74) is 3.49. The molecule has 5 rings (SSSR count). The number of benzene rings is 3. The zero-order valence-corrected chi connectivity index (χ0v) is 25.0. The van der Waals surface area contributed by atoms with Crippen LogP contribution in [0.25, 0.3) is 5.76 Å². The van der Waals surface area contributed by atoms with E-state index >= 15 is 0 Å². The maximum absolute atomic E-state index is 13.5. The zero-order valence-electron chi connectivity index (χ0n) is 25.0. The number of aryl methyl sites for hydroxylation is 1. The highest BCUT2D eigenvalue weighted by Crippen LogP contribution is 2.40. The molecule has 0 aliphatic carbocycles. The largest absolute Gasteiger partial charge is 0.507 e. The Morgan fingerprint density at radius 1 is 0.930 bits per heavy atom. The van der Waals surface area contributed by atoms with Crippen molar-refractivity contribution in [3.8, 4) is 11.5 Å². The Balaban J connectivity index is 1.40. The lowest BCUT2D eigenvalue weighted by atomic mass is 9.95. The van der Waals surface area contributed by atoms with E-state index in [0.29, 0.717) is 50.8 Å². The van der Waals surface area contributed by atoms with Crippen LogP contribution in [0.1, 0.15) is 48.1 Å². The molecule has 2 saturated heterocycles. The molecule has 43 heavy (non-hydrogen) atoms. The lowest BCUT2D eigenvalue weighted by Crippen LogP contribution is -2.42. The molecule has 1 atom stereocenters. The maximum atomic E-state index is 13.5. The standard InChI is InChI=1S/C35H40N2O6/c1-3-4-20-42-29-12-8-27(9-13-29)32-31(34(39)35(40)37(32)17-16-36-18-21-41-22-19-36)33(38)28-10-14-30(15-11-28)43-24-26-7-5-6-25(2)23-26/h5-15,23,32,38H,3-4,16-22,24H2,1-2H3/b33-31+. The van der Waals surface area contributed by atoms with Gasteiger partial charge in [-0.25, -0.2) is 0 Å². The fourth-order valence-electron chi connectivity index (χ4n) is 5.44. The summed E-state index contributed by atoms with van der Waals surface area (Å²) in [6.07, 6.45) is 1.99. The summed E-state index contributed by atoms with van der Waals surface area (Å²) < 4.78 is 17.2. The summed E-state index contributed by atoms with van der Waals surface area (Å²) in [6, 6.07) is 21.8. The van der Waals surface area contributed by atoms with Gasteiger partial charge in [-0.1, -0.05) is 55.3 Å². The number of hydrogen-bond acceptors (Lipinski definition) is 7. The van der Waals surface area contributed by atoms with Crippen molar-refractivity contribution < 1.29 is 28.9 Å². The number of Topliss-reactive ketones (excluding diaryl/α,β-unsaturated/α-hetero) is 1. The fourth-order valence-corrected chi connectivity index (χ4v) is 5.44. The van der Waals surface area contributed by atoms with Gasteiger partial charge in [0.25, 0.3) is 11.7 Å². The third kappa shape index (κ3) is 7.45. The number of ketones is 1. The van der Waals surface area contributed by atoms with Crippen molar-refractivity contribution in [3.63, 3.8) is 0 Å². The summed E-state index contributed by atoms with van der Waals surface area (Å²) in [5, 5.41) is 11.5. The van der Waals surface area contributed by atoms with E-state index < -0.39 is 17.7 Å². The number of aliphatic hydroxyl groups is 1. The van der Waals surface area contributed by atoms with Crippen molar-refractivity contribution >= 4 is 17.4 Å². The van der Waals surface area contributed by atoms with Gasteiger partial charge in [-0.05, 0) is 60.9 Å². The molecule has 1 N–H and O–H groups in total. The molecule has 8 heteroatoms. The number of nitrogens with zero attached hydrogens (tertiary/aromatic N) is 2. The minimum Gasteiger partial charge on any atom is -0.507 e. The van der Waals surface area contributed by atoms with Crippen LogP contribution in [0.15, 0.2) is 78.4 Å². The third-order valence-electron chi connectivity index (χ3n) is 7.88. The Hall–Kier alpha value is -4.14. The molecular weight excluding hydrogens is 544 g/mol. The predicted octanol–water partition coefficient (Wildman–Crippen LogP) is 5.51. The topological polar surface area (TPSA) is 88.5 Å². The molecular formula is C35H40N2O6.